The summed E-state index contributed by atoms with van der Waals surface area (Å²) in [5.74, 6) is 0.237. The summed E-state index contributed by atoms with van der Waals surface area (Å²) < 4.78 is 19.2. The van der Waals surface area contributed by atoms with E-state index in [1.54, 1.807) is 24.4 Å². The van der Waals surface area contributed by atoms with Gasteiger partial charge in [-0.15, -0.1) is 0 Å². The van der Waals surface area contributed by atoms with Crippen molar-refractivity contribution in [3.05, 3.63) is 59.2 Å². The van der Waals surface area contributed by atoms with E-state index in [-0.39, 0.29) is 12.4 Å². The van der Waals surface area contributed by atoms with Crippen LogP contribution in [-0.4, -0.2) is 9.97 Å². The lowest BCUT2D eigenvalue weighted by atomic mass is 10.2. The van der Waals surface area contributed by atoms with Crippen LogP contribution in [0.4, 0.5) is 4.39 Å². The molecule has 3 rings (SSSR count). The zero-order chi connectivity index (χ0) is 14.1. The van der Waals surface area contributed by atoms with Gasteiger partial charge in [-0.1, -0.05) is 18.2 Å². The van der Waals surface area contributed by atoms with E-state index >= 15 is 0 Å². The molecule has 0 fully saturated rings. The van der Waals surface area contributed by atoms with Crippen LogP contribution in [0.1, 0.15) is 16.8 Å². The van der Waals surface area contributed by atoms with E-state index in [9.17, 15) is 4.39 Å². The van der Waals surface area contributed by atoms with E-state index < -0.39 is 0 Å². The molecule has 2 aromatic heterocycles. The molecule has 1 aromatic carbocycles. The number of fused-ring (bicyclic) bond motifs is 1. The number of rotatable bonds is 3. The van der Waals surface area contributed by atoms with E-state index in [1.807, 2.05) is 13.0 Å². The molecule has 0 bridgehead atoms. The first-order valence-electron chi connectivity index (χ1n) is 6.47. The van der Waals surface area contributed by atoms with Gasteiger partial charge in [0.15, 0.2) is 0 Å². The van der Waals surface area contributed by atoms with Gasteiger partial charge in [-0.3, -0.25) is 0 Å². The maximum Gasteiger partial charge on any atom is 0.238 e. The number of nitrogens with zero attached hydrogens (tertiary/aromatic N) is 1. The van der Waals surface area contributed by atoms with Crippen LogP contribution in [0.2, 0.25) is 0 Å². The standard InChI is InChI=1S/C16H15FN2O/c1-10-11(2)19-15-13(10)7-8-18-16(15)20-9-12-5-3-4-6-14(12)17/h3-8,19H,9H2,1-2H3. The Kier molecular flexibility index (Phi) is 3.14. The molecule has 0 saturated carbocycles. The largest absolute Gasteiger partial charge is 0.471 e. The minimum absolute atomic E-state index is 0.163. The second-order valence-electron chi connectivity index (χ2n) is 4.79. The second kappa shape index (κ2) is 4.96. The summed E-state index contributed by atoms with van der Waals surface area (Å²) in [6, 6.07) is 8.54. The van der Waals surface area contributed by atoms with E-state index in [1.165, 1.54) is 11.6 Å². The number of pyridine rings is 1. The highest BCUT2D eigenvalue weighted by molar-refractivity contribution is 5.87. The Morgan fingerprint density at radius 3 is 2.80 bits per heavy atom. The summed E-state index contributed by atoms with van der Waals surface area (Å²) >= 11 is 0. The number of benzene rings is 1. The zero-order valence-corrected chi connectivity index (χ0v) is 11.4. The van der Waals surface area contributed by atoms with Crippen LogP contribution in [0.15, 0.2) is 36.5 Å². The molecular formula is C16H15FN2O. The number of halogens is 1. The molecular weight excluding hydrogens is 255 g/mol. The van der Waals surface area contributed by atoms with Gasteiger partial charge in [0.05, 0.1) is 0 Å². The average Bonchev–Trinajstić information content (AvgIpc) is 2.74. The number of aryl methyl sites for hydroxylation is 2. The van der Waals surface area contributed by atoms with Crippen molar-refractivity contribution >= 4 is 10.9 Å². The van der Waals surface area contributed by atoms with Crippen molar-refractivity contribution in [1.82, 2.24) is 9.97 Å². The van der Waals surface area contributed by atoms with Gasteiger partial charge in [0.2, 0.25) is 5.88 Å². The van der Waals surface area contributed by atoms with Gasteiger partial charge in [0.25, 0.3) is 0 Å². The number of nitrogens with one attached hydrogen (secondary N) is 1. The second-order valence-corrected chi connectivity index (χ2v) is 4.79. The number of H-pyrrole nitrogens is 1. The Hall–Kier alpha value is -2.36. The third-order valence-corrected chi connectivity index (χ3v) is 3.52. The van der Waals surface area contributed by atoms with Crippen molar-refractivity contribution in [3.63, 3.8) is 0 Å². The highest BCUT2D eigenvalue weighted by atomic mass is 19.1. The van der Waals surface area contributed by atoms with Crippen LogP contribution in [0, 0.1) is 19.7 Å². The normalized spacial score (nSPS) is 10.9. The van der Waals surface area contributed by atoms with Gasteiger partial charge < -0.3 is 9.72 Å². The van der Waals surface area contributed by atoms with Crippen LogP contribution in [0.25, 0.3) is 10.9 Å². The molecule has 0 radical (unpaired) electrons. The molecule has 0 aliphatic heterocycles. The summed E-state index contributed by atoms with van der Waals surface area (Å²) in [4.78, 5) is 7.50. The quantitative estimate of drug-likeness (QED) is 0.783. The predicted octanol–water partition coefficient (Wildman–Crippen LogP) is 3.90. The van der Waals surface area contributed by atoms with E-state index in [4.69, 9.17) is 4.74 Å². The summed E-state index contributed by atoms with van der Waals surface area (Å²) in [6.07, 6.45) is 1.71. The summed E-state index contributed by atoms with van der Waals surface area (Å²) in [6.45, 7) is 4.22. The predicted molar refractivity (Wildman–Crippen MR) is 76.3 cm³/mol. The smallest absolute Gasteiger partial charge is 0.238 e. The maximum absolute atomic E-state index is 13.6. The van der Waals surface area contributed by atoms with Crippen LogP contribution >= 0.6 is 0 Å². The Balaban J connectivity index is 1.92. The van der Waals surface area contributed by atoms with Crippen molar-refractivity contribution in [3.8, 4) is 5.88 Å². The fourth-order valence-corrected chi connectivity index (χ4v) is 2.23. The molecule has 102 valence electrons. The van der Waals surface area contributed by atoms with E-state index in [2.05, 4.69) is 16.9 Å². The molecule has 20 heavy (non-hydrogen) atoms. The Morgan fingerprint density at radius 2 is 2.00 bits per heavy atom. The first kappa shape index (κ1) is 12.7. The molecule has 0 saturated heterocycles. The van der Waals surface area contributed by atoms with Gasteiger partial charge in [-0.25, -0.2) is 9.37 Å². The van der Waals surface area contributed by atoms with E-state index in [0.717, 1.165) is 16.6 Å². The first-order valence-corrected chi connectivity index (χ1v) is 6.47. The van der Waals surface area contributed by atoms with Gasteiger partial charge in [-0.2, -0.15) is 0 Å². The number of hydrogen-bond acceptors (Lipinski definition) is 2. The lowest BCUT2D eigenvalue weighted by Gasteiger charge is -2.07. The molecule has 2 heterocycles. The highest BCUT2D eigenvalue weighted by Crippen LogP contribution is 2.27. The summed E-state index contributed by atoms with van der Waals surface area (Å²) in [5.41, 5.74) is 3.65. The lowest BCUT2D eigenvalue weighted by Crippen LogP contribution is -2.00. The molecule has 0 aliphatic carbocycles. The van der Waals surface area contributed by atoms with Crippen molar-refractivity contribution in [1.29, 1.82) is 0 Å². The van der Waals surface area contributed by atoms with Crippen LogP contribution in [0.5, 0.6) is 5.88 Å². The molecule has 3 nitrogen and oxygen atoms in total. The van der Waals surface area contributed by atoms with Gasteiger partial charge >= 0.3 is 0 Å². The SMILES string of the molecule is Cc1[nH]c2c(OCc3ccccc3F)nccc2c1C. The molecule has 0 amide bonds. The van der Waals surface area contributed by atoms with Gasteiger partial charge in [-0.05, 0) is 31.5 Å². The average molecular weight is 270 g/mol. The number of hydrogen-bond donors (Lipinski definition) is 1. The Labute approximate surface area is 116 Å². The minimum atomic E-state index is -0.265. The molecule has 0 unspecified atom stereocenters. The molecule has 0 aliphatic rings. The van der Waals surface area contributed by atoms with Crippen LogP contribution < -0.4 is 4.74 Å². The molecule has 0 atom stereocenters. The molecule has 0 spiro atoms. The number of aromatic amines is 1. The van der Waals surface area contributed by atoms with Crippen LogP contribution in [0.3, 0.4) is 0 Å². The molecule has 1 N–H and O–H groups in total. The van der Waals surface area contributed by atoms with Crippen molar-refractivity contribution in [2.75, 3.05) is 0 Å². The fraction of sp³-hybridized carbons (Fsp3) is 0.188. The third kappa shape index (κ3) is 2.13. The Bertz CT molecular complexity index is 764. The zero-order valence-electron chi connectivity index (χ0n) is 11.4. The van der Waals surface area contributed by atoms with Crippen molar-refractivity contribution in [2.45, 2.75) is 20.5 Å². The van der Waals surface area contributed by atoms with Gasteiger partial charge in [0, 0.05) is 22.8 Å². The van der Waals surface area contributed by atoms with Gasteiger partial charge in [0.1, 0.15) is 17.9 Å². The van der Waals surface area contributed by atoms with Crippen LogP contribution in [-0.2, 0) is 6.61 Å². The monoisotopic (exact) mass is 270 g/mol. The third-order valence-electron chi connectivity index (χ3n) is 3.52. The highest BCUT2D eigenvalue weighted by Gasteiger charge is 2.11. The minimum Gasteiger partial charge on any atom is -0.471 e. The Morgan fingerprint density at radius 1 is 1.20 bits per heavy atom. The lowest BCUT2D eigenvalue weighted by molar-refractivity contribution is 0.291. The topological polar surface area (TPSA) is 37.9 Å². The number of aromatic nitrogens is 2. The summed E-state index contributed by atoms with van der Waals surface area (Å²) in [5, 5.41) is 1.08. The van der Waals surface area contributed by atoms with Crippen molar-refractivity contribution in [2.24, 2.45) is 0 Å². The first-order chi connectivity index (χ1) is 9.66. The van der Waals surface area contributed by atoms with E-state index in [0.29, 0.717) is 11.4 Å². The number of ether oxygens (including phenoxy) is 1. The fourth-order valence-electron chi connectivity index (χ4n) is 2.23. The molecule has 3 aromatic rings. The maximum atomic E-state index is 13.6. The summed E-state index contributed by atoms with van der Waals surface area (Å²) in [7, 11) is 0. The molecule has 4 heteroatoms. The van der Waals surface area contributed by atoms with Crippen molar-refractivity contribution < 1.29 is 9.13 Å².